The van der Waals surface area contributed by atoms with E-state index in [9.17, 15) is 0 Å². The number of oxazole rings is 1. The number of rotatable bonds is 4. The number of thiophene rings is 1. The van der Waals surface area contributed by atoms with Crippen LogP contribution in [0.5, 0.6) is 0 Å². The summed E-state index contributed by atoms with van der Waals surface area (Å²) >= 11 is 1.76. The third kappa shape index (κ3) is 2.21. The first kappa shape index (κ1) is 9.43. The third-order valence-corrected chi connectivity index (χ3v) is 3.09. The molecular formula is C10H12N2OS. The Morgan fingerprint density at radius 1 is 1.64 bits per heavy atom. The highest BCUT2D eigenvalue weighted by Gasteiger charge is 2.06. The molecule has 0 bridgehead atoms. The first-order chi connectivity index (χ1) is 6.86. The number of hydrogen-bond donors (Lipinski definition) is 1. The van der Waals surface area contributed by atoms with Crippen LogP contribution in [0.4, 0.5) is 0 Å². The molecule has 1 N–H and O–H groups in total. The van der Waals surface area contributed by atoms with Gasteiger partial charge in [-0.3, -0.25) is 0 Å². The molecule has 0 amide bonds. The summed E-state index contributed by atoms with van der Waals surface area (Å²) in [6.07, 6.45) is 3.18. The topological polar surface area (TPSA) is 38.1 Å². The van der Waals surface area contributed by atoms with Gasteiger partial charge in [-0.15, -0.1) is 11.3 Å². The lowest BCUT2D eigenvalue weighted by Crippen LogP contribution is -2.16. The number of nitrogens with one attached hydrogen (secondary N) is 1. The van der Waals surface area contributed by atoms with E-state index in [1.54, 1.807) is 17.5 Å². The summed E-state index contributed by atoms with van der Waals surface area (Å²) in [5.74, 6) is 0.869. The van der Waals surface area contributed by atoms with E-state index in [2.05, 4.69) is 34.7 Å². The lowest BCUT2D eigenvalue weighted by atomic mass is 10.3. The summed E-state index contributed by atoms with van der Waals surface area (Å²) in [5.41, 5.74) is 0. The molecule has 2 aromatic rings. The van der Waals surface area contributed by atoms with Gasteiger partial charge in [0, 0.05) is 10.9 Å². The molecule has 0 saturated carbocycles. The van der Waals surface area contributed by atoms with Crippen molar-refractivity contribution in [2.45, 2.75) is 19.5 Å². The van der Waals surface area contributed by atoms with Gasteiger partial charge in [-0.2, -0.15) is 0 Å². The van der Waals surface area contributed by atoms with Gasteiger partial charge in [0.05, 0.1) is 12.7 Å². The maximum absolute atomic E-state index is 5.13. The highest BCUT2D eigenvalue weighted by molar-refractivity contribution is 7.10. The first-order valence-corrected chi connectivity index (χ1v) is 5.38. The summed E-state index contributed by atoms with van der Waals surface area (Å²) < 4.78 is 5.13. The number of aromatic nitrogens is 1. The van der Waals surface area contributed by atoms with Crippen molar-refractivity contribution in [1.29, 1.82) is 0 Å². The van der Waals surface area contributed by atoms with Crippen LogP contribution in [0.3, 0.4) is 0 Å². The fourth-order valence-corrected chi connectivity index (χ4v) is 1.98. The molecule has 0 radical (unpaired) electrons. The molecule has 0 aliphatic heterocycles. The van der Waals surface area contributed by atoms with Gasteiger partial charge in [0.25, 0.3) is 0 Å². The molecule has 1 atom stereocenters. The normalized spacial score (nSPS) is 12.9. The molecule has 0 spiro atoms. The van der Waals surface area contributed by atoms with Crippen LogP contribution in [-0.2, 0) is 6.54 Å². The zero-order valence-electron chi connectivity index (χ0n) is 7.93. The fraction of sp³-hybridized carbons (Fsp3) is 0.300. The molecule has 1 unspecified atom stereocenters. The largest absolute Gasteiger partial charge is 0.447 e. The van der Waals surface area contributed by atoms with Crippen LogP contribution in [0.15, 0.2) is 34.5 Å². The van der Waals surface area contributed by atoms with Gasteiger partial charge in [0.15, 0.2) is 6.39 Å². The molecule has 0 fully saturated rings. The first-order valence-electron chi connectivity index (χ1n) is 4.50. The average molecular weight is 208 g/mol. The van der Waals surface area contributed by atoms with Crippen molar-refractivity contribution < 1.29 is 4.42 Å². The second-order valence-corrected chi connectivity index (χ2v) is 4.07. The zero-order chi connectivity index (χ0) is 9.80. The Morgan fingerprint density at radius 3 is 3.21 bits per heavy atom. The third-order valence-electron chi connectivity index (χ3n) is 2.04. The monoisotopic (exact) mass is 208 g/mol. The van der Waals surface area contributed by atoms with E-state index >= 15 is 0 Å². The predicted octanol–water partition coefficient (Wildman–Crippen LogP) is 2.59. The van der Waals surface area contributed by atoms with Crippen LogP contribution >= 0.6 is 11.3 Å². The van der Waals surface area contributed by atoms with Crippen LogP contribution in [0.1, 0.15) is 23.6 Å². The van der Waals surface area contributed by atoms with Crippen molar-refractivity contribution in [3.8, 4) is 0 Å². The SMILES string of the molecule is CC(NCc1cnco1)c1cccs1. The predicted molar refractivity (Wildman–Crippen MR) is 56.1 cm³/mol. The molecule has 0 aromatic carbocycles. The maximum atomic E-state index is 5.13. The summed E-state index contributed by atoms with van der Waals surface area (Å²) in [5, 5.41) is 5.45. The molecule has 2 aromatic heterocycles. The molecule has 3 nitrogen and oxygen atoms in total. The summed E-state index contributed by atoms with van der Waals surface area (Å²) in [6.45, 7) is 2.86. The van der Waals surface area contributed by atoms with Crippen LogP contribution < -0.4 is 5.32 Å². The molecule has 4 heteroatoms. The Kier molecular flexibility index (Phi) is 2.96. The quantitative estimate of drug-likeness (QED) is 0.839. The molecule has 0 aliphatic rings. The summed E-state index contributed by atoms with van der Waals surface area (Å²) in [6, 6.07) is 4.55. The second kappa shape index (κ2) is 4.39. The van der Waals surface area contributed by atoms with Crippen LogP contribution in [0, 0.1) is 0 Å². The smallest absolute Gasteiger partial charge is 0.180 e. The van der Waals surface area contributed by atoms with E-state index in [1.807, 2.05) is 0 Å². The van der Waals surface area contributed by atoms with E-state index in [-0.39, 0.29) is 0 Å². The van der Waals surface area contributed by atoms with Crippen molar-refractivity contribution in [2.75, 3.05) is 0 Å². The van der Waals surface area contributed by atoms with Gasteiger partial charge >= 0.3 is 0 Å². The molecule has 0 saturated heterocycles. The number of nitrogens with zero attached hydrogens (tertiary/aromatic N) is 1. The number of hydrogen-bond acceptors (Lipinski definition) is 4. The Balaban J connectivity index is 1.87. The van der Waals surface area contributed by atoms with E-state index in [0.29, 0.717) is 6.04 Å². The molecule has 14 heavy (non-hydrogen) atoms. The highest BCUT2D eigenvalue weighted by atomic mass is 32.1. The van der Waals surface area contributed by atoms with Crippen LogP contribution in [0.25, 0.3) is 0 Å². The van der Waals surface area contributed by atoms with Gasteiger partial charge < -0.3 is 9.73 Å². The van der Waals surface area contributed by atoms with Gasteiger partial charge in [-0.1, -0.05) is 6.07 Å². The van der Waals surface area contributed by atoms with Crippen molar-refractivity contribution in [3.05, 3.63) is 40.7 Å². The lowest BCUT2D eigenvalue weighted by Gasteiger charge is -2.09. The summed E-state index contributed by atoms with van der Waals surface area (Å²) in [7, 11) is 0. The summed E-state index contributed by atoms with van der Waals surface area (Å²) in [4.78, 5) is 5.20. The molecule has 2 rings (SSSR count). The Hall–Kier alpha value is -1.13. The van der Waals surface area contributed by atoms with Gasteiger partial charge in [-0.25, -0.2) is 4.98 Å². The lowest BCUT2D eigenvalue weighted by molar-refractivity contribution is 0.459. The van der Waals surface area contributed by atoms with E-state index in [1.165, 1.54) is 11.3 Å². The fourth-order valence-electron chi connectivity index (χ4n) is 1.22. The van der Waals surface area contributed by atoms with Gasteiger partial charge in [0.2, 0.25) is 0 Å². The minimum Gasteiger partial charge on any atom is -0.447 e. The highest BCUT2D eigenvalue weighted by Crippen LogP contribution is 2.18. The zero-order valence-corrected chi connectivity index (χ0v) is 8.75. The second-order valence-electron chi connectivity index (χ2n) is 3.09. The van der Waals surface area contributed by atoms with E-state index in [4.69, 9.17) is 4.42 Å². The van der Waals surface area contributed by atoms with Crippen molar-refractivity contribution in [1.82, 2.24) is 10.3 Å². The van der Waals surface area contributed by atoms with E-state index in [0.717, 1.165) is 12.3 Å². The molecule has 2 heterocycles. The Bertz CT molecular complexity index is 355. The molecule has 0 aliphatic carbocycles. The van der Waals surface area contributed by atoms with Crippen molar-refractivity contribution >= 4 is 11.3 Å². The van der Waals surface area contributed by atoms with Gasteiger partial charge in [-0.05, 0) is 18.4 Å². The molecule has 74 valence electrons. The Labute approximate surface area is 86.8 Å². The molecular weight excluding hydrogens is 196 g/mol. The minimum atomic E-state index is 0.361. The minimum absolute atomic E-state index is 0.361. The van der Waals surface area contributed by atoms with Crippen LogP contribution in [0.2, 0.25) is 0 Å². The Morgan fingerprint density at radius 2 is 2.57 bits per heavy atom. The van der Waals surface area contributed by atoms with Crippen molar-refractivity contribution in [3.63, 3.8) is 0 Å². The van der Waals surface area contributed by atoms with Crippen LogP contribution in [-0.4, -0.2) is 4.98 Å². The van der Waals surface area contributed by atoms with Gasteiger partial charge in [0.1, 0.15) is 5.76 Å². The average Bonchev–Trinajstić information content (AvgIpc) is 2.87. The standard InChI is InChI=1S/C10H12N2OS/c1-8(10-3-2-4-14-10)12-6-9-5-11-7-13-9/h2-5,7-8,12H,6H2,1H3. The van der Waals surface area contributed by atoms with Crippen molar-refractivity contribution in [2.24, 2.45) is 0 Å². The van der Waals surface area contributed by atoms with E-state index < -0.39 is 0 Å². The maximum Gasteiger partial charge on any atom is 0.180 e.